The van der Waals surface area contributed by atoms with E-state index in [9.17, 15) is 4.79 Å². The number of carbonyl (C=O) groups is 1. The summed E-state index contributed by atoms with van der Waals surface area (Å²) >= 11 is 0. The van der Waals surface area contributed by atoms with Gasteiger partial charge in [0.05, 0.1) is 0 Å². The molecular weight excluding hydrogens is 224 g/mol. The second-order valence-electron chi connectivity index (χ2n) is 4.56. The zero-order chi connectivity index (χ0) is 13.4. The van der Waals surface area contributed by atoms with Crippen molar-refractivity contribution in [3.63, 3.8) is 0 Å². The van der Waals surface area contributed by atoms with Crippen molar-refractivity contribution in [2.75, 3.05) is 6.54 Å². The molecule has 1 aromatic rings. The first-order valence-corrected chi connectivity index (χ1v) is 6.81. The van der Waals surface area contributed by atoms with Gasteiger partial charge in [0, 0.05) is 18.2 Å². The Morgan fingerprint density at radius 2 is 2.06 bits per heavy atom. The number of carbonyl (C=O) groups excluding carboxylic acids is 1. The summed E-state index contributed by atoms with van der Waals surface area (Å²) in [5.41, 5.74) is 7.55. The molecule has 3 N–H and O–H groups in total. The van der Waals surface area contributed by atoms with Crippen LogP contribution in [0.2, 0.25) is 0 Å². The molecule has 3 heteroatoms. The van der Waals surface area contributed by atoms with Gasteiger partial charge in [0.25, 0.3) is 5.91 Å². The highest BCUT2D eigenvalue weighted by Gasteiger charge is 2.14. The maximum absolute atomic E-state index is 12.2. The van der Waals surface area contributed by atoms with Gasteiger partial charge >= 0.3 is 0 Å². The molecule has 18 heavy (non-hydrogen) atoms. The summed E-state index contributed by atoms with van der Waals surface area (Å²) in [5, 5.41) is 3.03. The first kappa shape index (κ1) is 14.7. The van der Waals surface area contributed by atoms with E-state index < -0.39 is 0 Å². The lowest BCUT2D eigenvalue weighted by atomic mass is 10.0. The first-order chi connectivity index (χ1) is 8.72. The number of amides is 1. The molecule has 0 aliphatic rings. The Labute approximate surface area is 110 Å². The molecule has 0 spiro atoms. The van der Waals surface area contributed by atoms with Gasteiger partial charge in [-0.15, -0.1) is 0 Å². The van der Waals surface area contributed by atoms with Crippen LogP contribution in [0.3, 0.4) is 0 Å². The van der Waals surface area contributed by atoms with Crippen LogP contribution in [0, 0.1) is 0 Å². The highest BCUT2D eigenvalue weighted by molar-refractivity contribution is 5.95. The van der Waals surface area contributed by atoms with E-state index in [4.69, 9.17) is 5.73 Å². The normalized spacial score (nSPS) is 12.2. The van der Waals surface area contributed by atoms with Crippen LogP contribution in [-0.4, -0.2) is 18.5 Å². The molecular formula is C15H24N2O. The lowest BCUT2D eigenvalue weighted by Gasteiger charge is -2.17. The third-order valence-corrected chi connectivity index (χ3v) is 3.17. The SMILES string of the molecule is CCCCC(CN)NC(=O)c1ccccc1CC. The third-order valence-electron chi connectivity index (χ3n) is 3.17. The standard InChI is InChI=1S/C15H24N2O/c1-3-5-9-13(11-16)17-15(18)14-10-7-6-8-12(14)4-2/h6-8,10,13H,3-5,9,11,16H2,1-2H3,(H,17,18). The Hall–Kier alpha value is -1.35. The average molecular weight is 248 g/mol. The lowest BCUT2D eigenvalue weighted by Crippen LogP contribution is -2.40. The van der Waals surface area contributed by atoms with Gasteiger partial charge in [-0.25, -0.2) is 0 Å². The van der Waals surface area contributed by atoms with Gasteiger partial charge in [0.2, 0.25) is 0 Å². The fourth-order valence-electron chi connectivity index (χ4n) is 2.01. The van der Waals surface area contributed by atoms with E-state index >= 15 is 0 Å². The molecule has 0 saturated heterocycles. The van der Waals surface area contributed by atoms with Crippen molar-refractivity contribution in [3.05, 3.63) is 35.4 Å². The quantitative estimate of drug-likeness (QED) is 0.779. The van der Waals surface area contributed by atoms with Crippen LogP contribution in [-0.2, 0) is 6.42 Å². The fourth-order valence-corrected chi connectivity index (χ4v) is 2.01. The minimum Gasteiger partial charge on any atom is -0.348 e. The Bertz CT molecular complexity index is 377. The molecule has 0 fully saturated rings. The molecule has 1 aromatic carbocycles. The van der Waals surface area contributed by atoms with E-state index in [2.05, 4.69) is 19.2 Å². The number of benzene rings is 1. The number of nitrogens with one attached hydrogen (secondary N) is 1. The van der Waals surface area contributed by atoms with E-state index in [1.807, 2.05) is 24.3 Å². The van der Waals surface area contributed by atoms with Crippen molar-refractivity contribution >= 4 is 5.91 Å². The molecule has 0 bridgehead atoms. The number of aryl methyl sites for hydroxylation is 1. The number of rotatable bonds is 7. The molecule has 0 saturated carbocycles. The van der Waals surface area contributed by atoms with Gasteiger partial charge in [-0.05, 0) is 24.5 Å². The van der Waals surface area contributed by atoms with Crippen LogP contribution in [0.25, 0.3) is 0 Å². The second kappa shape index (κ2) is 7.88. The Balaban J connectivity index is 2.68. The van der Waals surface area contributed by atoms with Gasteiger partial charge in [0.15, 0.2) is 0 Å². The van der Waals surface area contributed by atoms with Gasteiger partial charge in [-0.3, -0.25) is 4.79 Å². The minimum absolute atomic E-state index is 0.000923. The fraction of sp³-hybridized carbons (Fsp3) is 0.533. The van der Waals surface area contributed by atoms with Gasteiger partial charge in [-0.1, -0.05) is 44.9 Å². The summed E-state index contributed by atoms with van der Waals surface area (Å²) in [4.78, 5) is 12.2. The van der Waals surface area contributed by atoms with Crippen LogP contribution in [0.4, 0.5) is 0 Å². The van der Waals surface area contributed by atoms with Gasteiger partial charge in [-0.2, -0.15) is 0 Å². The van der Waals surface area contributed by atoms with Crippen LogP contribution < -0.4 is 11.1 Å². The van der Waals surface area contributed by atoms with Crippen molar-refractivity contribution in [1.82, 2.24) is 5.32 Å². The summed E-state index contributed by atoms with van der Waals surface area (Å²) in [6.45, 7) is 4.70. The molecule has 0 radical (unpaired) electrons. The van der Waals surface area contributed by atoms with Crippen molar-refractivity contribution in [2.45, 2.75) is 45.6 Å². The lowest BCUT2D eigenvalue weighted by molar-refractivity contribution is 0.0935. The van der Waals surface area contributed by atoms with Gasteiger partial charge < -0.3 is 11.1 Å². The maximum Gasteiger partial charge on any atom is 0.251 e. The molecule has 0 aliphatic heterocycles. The van der Waals surface area contributed by atoms with E-state index in [1.165, 1.54) is 0 Å². The summed E-state index contributed by atoms with van der Waals surface area (Å²) < 4.78 is 0. The average Bonchev–Trinajstić information content (AvgIpc) is 2.43. The van der Waals surface area contributed by atoms with Crippen LogP contribution in [0.1, 0.15) is 49.0 Å². The number of hydrogen-bond donors (Lipinski definition) is 2. The molecule has 100 valence electrons. The van der Waals surface area contributed by atoms with Crippen molar-refractivity contribution in [2.24, 2.45) is 5.73 Å². The predicted molar refractivity (Wildman–Crippen MR) is 75.7 cm³/mol. The molecule has 3 nitrogen and oxygen atoms in total. The van der Waals surface area contributed by atoms with Crippen molar-refractivity contribution in [3.8, 4) is 0 Å². The zero-order valence-corrected chi connectivity index (χ0v) is 11.4. The Morgan fingerprint density at radius 1 is 1.33 bits per heavy atom. The van der Waals surface area contributed by atoms with E-state index in [-0.39, 0.29) is 11.9 Å². The molecule has 1 atom stereocenters. The number of unbranched alkanes of at least 4 members (excludes halogenated alkanes) is 1. The van der Waals surface area contributed by atoms with E-state index in [0.717, 1.165) is 36.8 Å². The third kappa shape index (κ3) is 4.15. The smallest absolute Gasteiger partial charge is 0.251 e. The number of nitrogens with two attached hydrogens (primary N) is 1. The molecule has 0 aliphatic carbocycles. The molecule has 0 aromatic heterocycles. The van der Waals surface area contributed by atoms with Gasteiger partial charge in [0.1, 0.15) is 0 Å². The number of hydrogen-bond acceptors (Lipinski definition) is 2. The molecule has 1 rings (SSSR count). The summed E-state index contributed by atoms with van der Waals surface area (Å²) in [6, 6.07) is 7.83. The van der Waals surface area contributed by atoms with Crippen molar-refractivity contribution < 1.29 is 4.79 Å². The predicted octanol–water partition coefficient (Wildman–Crippen LogP) is 2.50. The first-order valence-electron chi connectivity index (χ1n) is 6.81. The van der Waals surface area contributed by atoms with Crippen LogP contribution in [0.5, 0.6) is 0 Å². The van der Waals surface area contributed by atoms with E-state index in [0.29, 0.717) is 6.54 Å². The largest absolute Gasteiger partial charge is 0.348 e. The van der Waals surface area contributed by atoms with Crippen LogP contribution in [0.15, 0.2) is 24.3 Å². The molecule has 1 unspecified atom stereocenters. The molecule has 1 amide bonds. The highest BCUT2D eigenvalue weighted by Crippen LogP contribution is 2.10. The maximum atomic E-state index is 12.2. The summed E-state index contributed by atoms with van der Waals surface area (Å²) in [5.74, 6) is -0.000923. The Kier molecular flexibility index (Phi) is 6.44. The van der Waals surface area contributed by atoms with Crippen LogP contribution >= 0.6 is 0 Å². The zero-order valence-electron chi connectivity index (χ0n) is 11.4. The minimum atomic E-state index is -0.000923. The monoisotopic (exact) mass is 248 g/mol. The summed E-state index contributed by atoms with van der Waals surface area (Å²) in [7, 11) is 0. The molecule has 0 heterocycles. The topological polar surface area (TPSA) is 55.1 Å². The van der Waals surface area contributed by atoms with Crippen molar-refractivity contribution in [1.29, 1.82) is 0 Å². The second-order valence-corrected chi connectivity index (χ2v) is 4.56. The van der Waals surface area contributed by atoms with E-state index in [1.54, 1.807) is 0 Å². The highest BCUT2D eigenvalue weighted by atomic mass is 16.1. The Morgan fingerprint density at radius 3 is 2.67 bits per heavy atom. The summed E-state index contributed by atoms with van der Waals surface area (Å²) in [6.07, 6.45) is 4.04.